The molecule has 0 bridgehead atoms. The lowest BCUT2D eigenvalue weighted by Gasteiger charge is -2.22. The van der Waals surface area contributed by atoms with Crippen LogP contribution in [0.4, 0.5) is 0 Å². The zero-order valence-corrected chi connectivity index (χ0v) is 8.56. The first-order chi connectivity index (χ1) is 7.43. The molecule has 3 atom stereocenters. The van der Waals surface area contributed by atoms with Crippen LogP contribution < -0.4 is 5.32 Å². The van der Waals surface area contributed by atoms with Gasteiger partial charge in [0.1, 0.15) is 0 Å². The Kier molecular flexibility index (Phi) is 2.44. The first kappa shape index (κ1) is 9.33. The first-order valence-electron chi connectivity index (χ1n) is 5.50. The fourth-order valence-electron chi connectivity index (χ4n) is 2.21. The van der Waals surface area contributed by atoms with Crippen molar-refractivity contribution in [3.05, 3.63) is 35.9 Å². The summed E-state index contributed by atoms with van der Waals surface area (Å²) in [6, 6.07) is 10.1. The molecule has 3 rings (SSSR count). The predicted octanol–water partition coefficient (Wildman–Crippen LogP) is 1.46. The molecule has 0 radical (unpaired) electrons. The molecule has 3 heteroatoms. The van der Waals surface area contributed by atoms with Crippen molar-refractivity contribution in [3.8, 4) is 0 Å². The van der Waals surface area contributed by atoms with Gasteiger partial charge in [0.25, 0.3) is 0 Å². The van der Waals surface area contributed by atoms with Crippen LogP contribution in [0.15, 0.2) is 30.3 Å². The minimum Gasteiger partial charge on any atom is -0.342 e. The molecule has 1 N–H and O–H groups in total. The van der Waals surface area contributed by atoms with Gasteiger partial charge in [0.05, 0.1) is 12.2 Å². The Hall–Kier alpha value is -0.900. The van der Waals surface area contributed by atoms with E-state index < -0.39 is 0 Å². The maximum absolute atomic E-state index is 5.89. The molecule has 0 spiro atoms. The van der Waals surface area contributed by atoms with Gasteiger partial charge in [0.2, 0.25) is 0 Å². The van der Waals surface area contributed by atoms with Crippen molar-refractivity contribution in [3.63, 3.8) is 0 Å². The fourth-order valence-corrected chi connectivity index (χ4v) is 2.21. The van der Waals surface area contributed by atoms with Crippen molar-refractivity contribution in [1.29, 1.82) is 0 Å². The second-order valence-corrected chi connectivity index (χ2v) is 4.08. The van der Waals surface area contributed by atoms with E-state index in [1.165, 1.54) is 0 Å². The van der Waals surface area contributed by atoms with Crippen molar-refractivity contribution in [2.24, 2.45) is 0 Å². The summed E-state index contributed by atoms with van der Waals surface area (Å²) in [6.45, 7) is 1.94. The normalized spacial score (nSPS) is 35.1. The summed E-state index contributed by atoms with van der Waals surface area (Å²) in [4.78, 5) is 0. The number of fused-ring (bicyclic) bond motifs is 1. The van der Waals surface area contributed by atoms with Gasteiger partial charge >= 0.3 is 0 Å². The molecular formula is C12H15NO2. The monoisotopic (exact) mass is 205 g/mol. The second kappa shape index (κ2) is 3.93. The third-order valence-electron chi connectivity index (χ3n) is 3.03. The van der Waals surface area contributed by atoms with Gasteiger partial charge in [-0.15, -0.1) is 0 Å². The van der Waals surface area contributed by atoms with Crippen LogP contribution in [-0.2, 0) is 9.47 Å². The van der Waals surface area contributed by atoms with Gasteiger partial charge < -0.3 is 14.8 Å². The van der Waals surface area contributed by atoms with Crippen molar-refractivity contribution >= 4 is 0 Å². The first-order valence-corrected chi connectivity index (χ1v) is 5.50. The zero-order chi connectivity index (χ0) is 10.1. The molecule has 0 amide bonds. The summed E-state index contributed by atoms with van der Waals surface area (Å²) in [6.07, 6.45) is 1.38. The Balaban J connectivity index is 1.75. The molecule has 3 unspecified atom stereocenters. The van der Waals surface area contributed by atoms with Crippen LogP contribution in [0.5, 0.6) is 0 Å². The largest absolute Gasteiger partial charge is 0.342 e. The van der Waals surface area contributed by atoms with E-state index in [9.17, 15) is 0 Å². The van der Waals surface area contributed by atoms with Gasteiger partial charge in [-0.3, -0.25) is 0 Å². The molecule has 2 heterocycles. The molecule has 1 aromatic rings. The van der Waals surface area contributed by atoms with Gasteiger partial charge in [0.15, 0.2) is 6.29 Å². The summed E-state index contributed by atoms with van der Waals surface area (Å²) in [5.41, 5.74) is 1.12. The summed E-state index contributed by atoms with van der Waals surface area (Å²) in [7, 11) is 0. The third-order valence-corrected chi connectivity index (χ3v) is 3.03. The van der Waals surface area contributed by atoms with Crippen molar-refractivity contribution < 1.29 is 9.47 Å². The van der Waals surface area contributed by atoms with Gasteiger partial charge in [-0.05, 0) is 13.0 Å². The van der Waals surface area contributed by atoms with E-state index in [0.29, 0.717) is 0 Å². The number of benzene rings is 1. The zero-order valence-electron chi connectivity index (χ0n) is 8.56. The summed E-state index contributed by atoms with van der Waals surface area (Å²) in [5.74, 6) is 0. The van der Waals surface area contributed by atoms with Crippen LogP contribution in [0.1, 0.15) is 18.3 Å². The van der Waals surface area contributed by atoms with Crippen LogP contribution in [0.3, 0.4) is 0 Å². The average Bonchev–Trinajstić information content (AvgIpc) is 2.74. The van der Waals surface area contributed by atoms with E-state index in [-0.39, 0.29) is 18.5 Å². The van der Waals surface area contributed by atoms with Crippen LogP contribution in [0.25, 0.3) is 0 Å². The highest BCUT2D eigenvalue weighted by Crippen LogP contribution is 2.33. The molecule has 2 aliphatic rings. The highest BCUT2D eigenvalue weighted by atomic mass is 16.7. The van der Waals surface area contributed by atoms with E-state index in [2.05, 4.69) is 17.4 Å². The number of piperidine rings is 1. The molecule has 2 fully saturated rings. The quantitative estimate of drug-likeness (QED) is 0.753. The molecule has 2 aliphatic heterocycles. The molecule has 2 saturated heterocycles. The fraction of sp³-hybridized carbons (Fsp3) is 0.500. The van der Waals surface area contributed by atoms with E-state index in [0.717, 1.165) is 25.1 Å². The van der Waals surface area contributed by atoms with E-state index in [1.807, 2.05) is 18.2 Å². The number of rotatable bonds is 1. The number of nitrogens with one attached hydrogen (secondary N) is 1. The lowest BCUT2D eigenvalue weighted by molar-refractivity contribution is -0.0668. The van der Waals surface area contributed by atoms with Crippen LogP contribution in [0, 0.1) is 0 Å². The molecule has 3 nitrogen and oxygen atoms in total. The van der Waals surface area contributed by atoms with E-state index >= 15 is 0 Å². The number of ether oxygens (including phenoxy) is 2. The van der Waals surface area contributed by atoms with Crippen molar-refractivity contribution in [2.45, 2.75) is 24.9 Å². The Morgan fingerprint density at radius 3 is 2.67 bits per heavy atom. The van der Waals surface area contributed by atoms with E-state index in [4.69, 9.17) is 9.47 Å². The topological polar surface area (TPSA) is 30.5 Å². The summed E-state index contributed by atoms with van der Waals surface area (Å²) in [5, 5.41) is 3.32. The van der Waals surface area contributed by atoms with Gasteiger partial charge in [-0.2, -0.15) is 0 Å². The second-order valence-electron chi connectivity index (χ2n) is 4.08. The predicted molar refractivity (Wildman–Crippen MR) is 56.4 cm³/mol. The lowest BCUT2D eigenvalue weighted by Crippen LogP contribution is -2.41. The number of hydrogen-bond donors (Lipinski definition) is 1. The molecule has 0 aromatic heterocycles. The van der Waals surface area contributed by atoms with Crippen molar-refractivity contribution in [1.82, 2.24) is 5.32 Å². The average molecular weight is 205 g/mol. The van der Waals surface area contributed by atoms with Gasteiger partial charge in [0, 0.05) is 12.1 Å². The van der Waals surface area contributed by atoms with Crippen molar-refractivity contribution in [2.75, 3.05) is 13.1 Å². The SMILES string of the molecule is c1ccc(C2OC3CCNCC3O2)cc1. The molecule has 1 aromatic carbocycles. The molecule has 0 saturated carbocycles. The van der Waals surface area contributed by atoms with E-state index in [1.54, 1.807) is 0 Å². The summed E-state index contributed by atoms with van der Waals surface area (Å²) < 4.78 is 11.8. The molecule has 15 heavy (non-hydrogen) atoms. The molecular weight excluding hydrogens is 190 g/mol. The Morgan fingerprint density at radius 2 is 1.87 bits per heavy atom. The van der Waals surface area contributed by atoms with Crippen LogP contribution in [0.2, 0.25) is 0 Å². The smallest absolute Gasteiger partial charge is 0.184 e. The maximum atomic E-state index is 5.89. The lowest BCUT2D eigenvalue weighted by atomic mass is 10.1. The highest BCUT2D eigenvalue weighted by molar-refractivity contribution is 5.16. The third kappa shape index (κ3) is 1.78. The standard InChI is InChI=1S/C12H15NO2/c1-2-4-9(5-3-1)12-14-10-6-7-13-8-11(10)15-12/h1-5,10-13H,6-8H2. The van der Waals surface area contributed by atoms with Gasteiger partial charge in [-0.1, -0.05) is 30.3 Å². The van der Waals surface area contributed by atoms with Crippen LogP contribution >= 0.6 is 0 Å². The maximum Gasteiger partial charge on any atom is 0.184 e. The van der Waals surface area contributed by atoms with Crippen LogP contribution in [-0.4, -0.2) is 25.3 Å². The Labute approximate surface area is 89.4 Å². The number of hydrogen-bond acceptors (Lipinski definition) is 3. The molecule has 80 valence electrons. The molecule has 0 aliphatic carbocycles. The Bertz CT molecular complexity index is 314. The Morgan fingerprint density at radius 1 is 1.07 bits per heavy atom. The highest BCUT2D eigenvalue weighted by Gasteiger charge is 2.37. The minimum absolute atomic E-state index is 0.166. The minimum atomic E-state index is -0.166. The van der Waals surface area contributed by atoms with Gasteiger partial charge in [-0.25, -0.2) is 0 Å². The summed E-state index contributed by atoms with van der Waals surface area (Å²) >= 11 is 0.